The molecule has 0 aliphatic heterocycles. The molecule has 1 amide bonds. The minimum atomic E-state index is -0.677. The molecule has 0 saturated carbocycles. The third-order valence-electron chi connectivity index (χ3n) is 3.30. The van der Waals surface area contributed by atoms with Crippen molar-refractivity contribution in [3.8, 4) is 5.75 Å². The smallest absolute Gasteiger partial charge is 0.265 e. The van der Waals surface area contributed by atoms with E-state index in [-0.39, 0.29) is 5.91 Å². The average Bonchev–Trinajstić information content (AvgIpc) is 2.47. The lowest BCUT2D eigenvalue weighted by molar-refractivity contribution is -0.122. The highest BCUT2D eigenvalue weighted by molar-refractivity contribution is 9.10. The minimum absolute atomic E-state index is 0.295. The first-order valence-corrected chi connectivity index (χ1v) is 8.52. The van der Waals surface area contributed by atoms with Crippen LogP contribution < -0.4 is 10.1 Å². The molecule has 1 N–H and O–H groups in total. The van der Waals surface area contributed by atoms with Gasteiger partial charge >= 0.3 is 0 Å². The second kappa shape index (κ2) is 7.56. The number of aryl methyl sites for hydroxylation is 2. The first-order valence-electron chi connectivity index (χ1n) is 6.98. The fourth-order valence-electron chi connectivity index (χ4n) is 2.15. The summed E-state index contributed by atoms with van der Waals surface area (Å²) in [5, 5.41) is 3.43. The Morgan fingerprint density at radius 3 is 2.43 bits per heavy atom. The van der Waals surface area contributed by atoms with Crippen LogP contribution in [-0.2, 0) is 4.79 Å². The van der Waals surface area contributed by atoms with Gasteiger partial charge < -0.3 is 10.1 Å². The topological polar surface area (TPSA) is 38.3 Å². The Kier molecular flexibility index (Phi) is 5.95. The van der Waals surface area contributed by atoms with Crippen LogP contribution in [0.4, 0.5) is 5.69 Å². The Balaban J connectivity index is 2.13. The summed E-state index contributed by atoms with van der Waals surface area (Å²) in [6.45, 7) is 5.56. The summed E-state index contributed by atoms with van der Waals surface area (Å²) in [6, 6.07) is 8.96. The van der Waals surface area contributed by atoms with Crippen LogP contribution in [-0.4, -0.2) is 12.0 Å². The van der Waals surface area contributed by atoms with E-state index >= 15 is 0 Å². The van der Waals surface area contributed by atoms with Crippen LogP contribution >= 0.6 is 39.1 Å². The Hall–Kier alpha value is -1.23. The summed E-state index contributed by atoms with van der Waals surface area (Å²) in [6.07, 6.45) is -0.677. The highest BCUT2D eigenvalue weighted by Gasteiger charge is 2.18. The maximum Gasteiger partial charge on any atom is 0.265 e. The van der Waals surface area contributed by atoms with Crippen LogP contribution in [0, 0.1) is 13.8 Å². The Bertz CT molecular complexity index is 726. The van der Waals surface area contributed by atoms with Gasteiger partial charge in [-0.3, -0.25) is 4.79 Å². The molecular formula is C17H16BrCl2NO2. The van der Waals surface area contributed by atoms with Crippen LogP contribution in [0.3, 0.4) is 0 Å². The van der Waals surface area contributed by atoms with E-state index in [2.05, 4.69) is 21.2 Å². The van der Waals surface area contributed by atoms with Crippen molar-refractivity contribution in [3.63, 3.8) is 0 Å². The molecule has 0 fully saturated rings. The van der Waals surface area contributed by atoms with Gasteiger partial charge in [0.2, 0.25) is 0 Å². The average molecular weight is 417 g/mol. The number of benzene rings is 2. The molecule has 0 aliphatic rings. The molecule has 0 bridgehead atoms. The first-order chi connectivity index (χ1) is 10.8. The lowest BCUT2D eigenvalue weighted by atomic mass is 10.1. The van der Waals surface area contributed by atoms with Gasteiger partial charge in [-0.05, 0) is 56.2 Å². The number of ether oxygens (including phenoxy) is 1. The van der Waals surface area contributed by atoms with E-state index in [4.69, 9.17) is 27.9 Å². The molecule has 2 aromatic carbocycles. The third-order valence-corrected chi connectivity index (χ3v) is 4.58. The Labute approximate surface area is 154 Å². The number of hydrogen-bond donors (Lipinski definition) is 1. The molecule has 0 spiro atoms. The summed E-state index contributed by atoms with van der Waals surface area (Å²) in [4.78, 5) is 12.3. The highest BCUT2D eigenvalue weighted by atomic mass is 79.9. The van der Waals surface area contributed by atoms with E-state index < -0.39 is 6.10 Å². The largest absolute Gasteiger partial charge is 0.480 e. The van der Waals surface area contributed by atoms with Crippen molar-refractivity contribution < 1.29 is 9.53 Å². The number of anilines is 1. The summed E-state index contributed by atoms with van der Waals surface area (Å²) in [5.74, 6) is 0.406. The van der Waals surface area contributed by atoms with Gasteiger partial charge in [0.15, 0.2) is 6.10 Å². The predicted octanol–water partition coefficient (Wildman–Crippen LogP) is 5.78. The van der Waals surface area contributed by atoms with E-state index in [1.54, 1.807) is 25.1 Å². The highest BCUT2D eigenvalue weighted by Crippen LogP contribution is 2.31. The number of carbonyl (C=O) groups is 1. The van der Waals surface area contributed by atoms with E-state index in [1.165, 1.54) is 0 Å². The van der Waals surface area contributed by atoms with Gasteiger partial charge in [0, 0.05) is 4.47 Å². The van der Waals surface area contributed by atoms with Crippen molar-refractivity contribution in [2.45, 2.75) is 26.9 Å². The maximum absolute atomic E-state index is 12.3. The number of carbonyl (C=O) groups excluding carboxylic acids is 1. The van der Waals surface area contributed by atoms with Crippen molar-refractivity contribution in [1.82, 2.24) is 0 Å². The fraction of sp³-hybridized carbons (Fsp3) is 0.235. The van der Waals surface area contributed by atoms with Crippen molar-refractivity contribution in [2.24, 2.45) is 0 Å². The summed E-state index contributed by atoms with van der Waals surface area (Å²) >= 11 is 15.5. The predicted molar refractivity (Wildman–Crippen MR) is 98.8 cm³/mol. The van der Waals surface area contributed by atoms with E-state index in [0.717, 1.165) is 15.6 Å². The number of rotatable bonds is 4. The standard InChI is InChI=1S/C17H16BrCl2NO2/c1-9-7-12(18)8-10(2)16(9)23-11(3)17(22)21-14-6-4-5-13(19)15(14)20/h4-8,11H,1-3H3,(H,21,22). The molecule has 23 heavy (non-hydrogen) atoms. The molecule has 2 aromatic rings. The Morgan fingerprint density at radius 2 is 1.83 bits per heavy atom. The zero-order chi connectivity index (χ0) is 17.1. The lowest BCUT2D eigenvalue weighted by Gasteiger charge is -2.19. The van der Waals surface area contributed by atoms with Gasteiger partial charge in [-0.1, -0.05) is 45.2 Å². The second-order valence-electron chi connectivity index (χ2n) is 5.22. The molecule has 3 nitrogen and oxygen atoms in total. The maximum atomic E-state index is 12.3. The van der Waals surface area contributed by atoms with Crippen molar-refractivity contribution >= 4 is 50.7 Å². The quantitative estimate of drug-likeness (QED) is 0.685. The molecule has 2 rings (SSSR count). The molecule has 0 aliphatic carbocycles. The zero-order valence-corrected chi connectivity index (χ0v) is 16.0. The number of hydrogen-bond acceptors (Lipinski definition) is 2. The molecule has 122 valence electrons. The van der Waals surface area contributed by atoms with E-state index in [1.807, 2.05) is 26.0 Å². The van der Waals surface area contributed by atoms with Crippen molar-refractivity contribution in [3.05, 3.63) is 56.0 Å². The Morgan fingerprint density at radius 1 is 1.22 bits per heavy atom. The van der Waals surface area contributed by atoms with Crippen LogP contribution in [0.1, 0.15) is 18.1 Å². The fourth-order valence-corrected chi connectivity index (χ4v) is 3.18. The first kappa shape index (κ1) is 18.1. The van der Waals surface area contributed by atoms with E-state index in [9.17, 15) is 4.79 Å². The van der Waals surface area contributed by atoms with Gasteiger partial charge in [0.1, 0.15) is 5.75 Å². The molecule has 6 heteroatoms. The van der Waals surface area contributed by atoms with Gasteiger partial charge in [0.25, 0.3) is 5.91 Å². The minimum Gasteiger partial charge on any atom is -0.480 e. The zero-order valence-electron chi connectivity index (χ0n) is 12.9. The second-order valence-corrected chi connectivity index (χ2v) is 6.92. The van der Waals surface area contributed by atoms with Crippen molar-refractivity contribution in [1.29, 1.82) is 0 Å². The van der Waals surface area contributed by atoms with Gasteiger partial charge in [-0.25, -0.2) is 0 Å². The monoisotopic (exact) mass is 415 g/mol. The third kappa shape index (κ3) is 4.40. The summed E-state index contributed by atoms with van der Waals surface area (Å²) in [5.41, 5.74) is 2.37. The molecule has 1 atom stereocenters. The molecule has 0 aromatic heterocycles. The summed E-state index contributed by atoms with van der Waals surface area (Å²) < 4.78 is 6.80. The molecule has 0 radical (unpaired) electrons. The van der Waals surface area contributed by atoms with Crippen LogP contribution in [0.15, 0.2) is 34.8 Å². The number of nitrogens with one attached hydrogen (secondary N) is 1. The SMILES string of the molecule is Cc1cc(Br)cc(C)c1OC(C)C(=O)Nc1cccc(Cl)c1Cl. The van der Waals surface area contributed by atoms with Crippen LogP contribution in [0.25, 0.3) is 0 Å². The number of amides is 1. The lowest BCUT2D eigenvalue weighted by Crippen LogP contribution is -2.30. The van der Waals surface area contributed by atoms with Gasteiger partial charge in [-0.15, -0.1) is 0 Å². The van der Waals surface area contributed by atoms with E-state index in [0.29, 0.717) is 21.5 Å². The molecule has 0 heterocycles. The van der Waals surface area contributed by atoms with Crippen molar-refractivity contribution in [2.75, 3.05) is 5.32 Å². The van der Waals surface area contributed by atoms with Crippen LogP contribution in [0.5, 0.6) is 5.75 Å². The molecule has 1 unspecified atom stereocenters. The molecule has 0 saturated heterocycles. The molecular weight excluding hydrogens is 401 g/mol. The van der Waals surface area contributed by atoms with Gasteiger partial charge in [0.05, 0.1) is 15.7 Å². The normalized spacial score (nSPS) is 11.9. The van der Waals surface area contributed by atoms with Gasteiger partial charge in [-0.2, -0.15) is 0 Å². The number of halogens is 3. The van der Waals surface area contributed by atoms with Crippen LogP contribution in [0.2, 0.25) is 10.0 Å². The summed E-state index contributed by atoms with van der Waals surface area (Å²) in [7, 11) is 0.